The first-order valence-corrected chi connectivity index (χ1v) is 7.05. The molecule has 94 valence electrons. The van der Waals surface area contributed by atoms with Crippen molar-refractivity contribution in [1.29, 1.82) is 0 Å². The van der Waals surface area contributed by atoms with E-state index in [0.29, 0.717) is 11.5 Å². The zero-order chi connectivity index (χ0) is 11.4. The summed E-state index contributed by atoms with van der Waals surface area (Å²) in [6.45, 7) is 7.89. The molecule has 1 saturated carbocycles. The maximum absolute atomic E-state index is 5.40. The van der Waals surface area contributed by atoms with Crippen LogP contribution in [0, 0.1) is 11.3 Å². The second-order valence-electron chi connectivity index (χ2n) is 5.93. The topological polar surface area (TPSA) is 21.3 Å². The molecule has 1 N–H and O–H groups in total. The van der Waals surface area contributed by atoms with Gasteiger partial charge in [0, 0.05) is 25.8 Å². The Morgan fingerprint density at radius 2 is 2.00 bits per heavy atom. The maximum atomic E-state index is 5.40. The summed E-state index contributed by atoms with van der Waals surface area (Å²) < 4.78 is 5.40. The van der Waals surface area contributed by atoms with Crippen LogP contribution in [0.1, 0.15) is 52.4 Å². The van der Waals surface area contributed by atoms with E-state index in [9.17, 15) is 0 Å². The van der Waals surface area contributed by atoms with Crippen LogP contribution >= 0.6 is 0 Å². The lowest BCUT2D eigenvalue weighted by molar-refractivity contribution is 0.0610. The number of rotatable bonds is 6. The van der Waals surface area contributed by atoms with Gasteiger partial charge >= 0.3 is 0 Å². The van der Waals surface area contributed by atoms with Crippen molar-refractivity contribution in [2.24, 2.45) is 11.3 Å². The highest BCUT2D eigenvalue weighted by Crippen LogP contribution is 2.47. The molecule has 1 heterocycles. The minimum atomic E-state index is 0.684. The molecule has 0 aromatic heterocycles. The Kier molecular flexibility index (Phi) is 4.26. The lowest BCUT2D eigenvalue weighted by atomic mass is 9.92. The number of nitrogens with one attached hydrogen (secondary N) is 1. The van der Waals surface area contributed by atoms with Gasteiger partial charge in [0.25, 0.3) is 0 Å². The number of hydrogen-bond donors (Lipinski definition) is 1. The minimum Gasteiger partial charge on any atom is -0.381 e. The molecule has 0 radical (unpaired) electrons. The molecule has 0 aromatic rings. The van der Waals surface area contributed by atoms with Crippen molar-refractivity contribution in [3.8, 4) is 0 Å². The van der Waals surface area contributed by atoms with Crippen LogP contribution in [0.4, 0.5) is 0 Å². The third kappa shape index (κ3) is 3.46. The molecule has 0 spiro atoms. The van der Waals surface area contributed by atoms with Crippen molar-refractivity contribution < 1.29 is 4.74 Å². The Hall–Kier alpha value is -0.0800. The maximum Gasteiger partial charge on any atom is 0.0468 e. The highest BCUT2D eigenvalue weighted by molar-refractivity contribution is 4.94. The van der Waals surface area contributed by atoms with Gasteiger partial charge in [-0.1, -0.05) is 6.92 Å². The normalized spacial score (nSPS) is 26.6. The van der Waals surface area contributed by atoms with Crippen molar-refractivity contribution in [2.45, 2.75) is 58.4 Å². The second-order valence-corrected chi connectivity index (χ2v) is 5.93. The van der Waals surface area contributed by atoms with Crippen LogP contribution in [0.3, 0.4) is 0 Å². The van der Waals surface area contributed by atoms with E-state index in [0.717, 1.165) is 19.1 Å². The molecular weight excluding hydrogens is 198 g/mol. The first-order chi connectivity index (χ1) is 7.74. The molecule has 1 unspecified atom stereocenters. The molecule has 0 amide bonds. The fourth-order valence-corrected chi connectivity index (χ4v) is 2.79. The third-order valence-corrected chi connectivity index (χ3v) is 4.56. The summed E-state index contributed by atoms with van der Waals surface area (Å²) in [6, 6.07) is 0.687. The summed E-state index contributed by atoms with van der Waals surface area (Å²) in [4.78, 5) is 0. The van der Waals surface area contributed by atoms with Gasteiger partial charge in [-0.25, -0.2) is 0 Å². The van der Waals surface area contributed by atoms with E-state index < -0.39 is 0 Å². The van der Waals surface area contributed by atoms with Gasteiger partial charge in [0.15, 0.2) is 0 Å². The summed E-state index contributed by atoms with van der Waals surface area (Å²) in [6.07, 6.45) is 8.12. The first kappa shape index (κ1) is 12.4. The standard InChI is InChI=1S/C14H27NO/c1-3-14(6-7-14)11-15-12(2)10-13-4-8-16-9-5-13/h12-13,15H,3-11H2,1-2H3. The quantitative estimate of drug-likeness (QED) is 0.750. The van der Waals surface area contributed by atoms with Gasteiger partial charge in [-0.15, -0.1) is 0 Å². The van der Waals surface area contributed by atoms with Gasteiger partial charge in [-0.05, 0) is 56.8 Å². The molecule has 2 rings (SSSR count). The van der Waals surface area contributed by atoms with E-state index in [1.807, 2.05) is 0 Å². The molecule has 2 heteroatoms. The summed E-state index contributed by atoms with van der Waals surface area (Å²) in [5.74, 6) is 0.896. The molecule has 1 aliphatic carbocycles. The molecule has 0 aromatic carbocycles. The predicted octanol–water partition coefficient (Wildman–Crippen LogP) is 2.97. The Morgan fingerprint density at radius 1 is 1.31 bits per heavy atom. The first-order valence-electron chi connectivity index (χ1n) is 7.05. The monoisotopic (exact) mass is 225 g/mol. The third-order valence-electron chi connectivity index (χ3n) is 4.56. The van der Waals surface area contributed by atoms with Gasteiger partial charge in [0.2, 0.25) is 0 Å². The fraction of sp³-hybridized carbons (Fsp3) is 1.00. The van der Waals surface area contributed by atoms with Gasteiger partial charge < -0.3 is 10.1 Å². The van der Waals surface area contributed by atoms with Crippen molar-refractivity contribution >= 4 is 0 Å². The SMILES string of the molecule is CCC1(CNC(C)CC2CCOCC2)CC1. The zero-order valence-electron chi connectivity index (χ0n) is 10.9. The summed E-state index contributed by atoms with van der Waals surface area (Å²) in [5, 5.41) is 3.74. The molecule has 2 fully saturated rings. The summed E-state index contributed by atoms with van der Waals surface area (Å²) >= 11 is 0. The summed E-state index contributed by atoms with van der Waals surface area (Å²) in [5.41, 5.74) is 0.684. The van der Waals surface area contributed by atoms with E-state index in [1.54, 1.807) is 0 Å². The van der Waals surface area contributed by atoms with Gasteiger partial charge in [-0.2, -0.15) is 0 Å². The van der Waals surface area contributed by atoms with Crippen LogP contribution in [0.25, 0.3) is 0 Å². The van der Waals surface area contributed by atoms with Crippen LogP contribution in [0.5, 0.6) is 0 Å². The number of hydrogen-bond acceptors (Lipinski definition) is 2. The van der Waals surface area contributed by atoms with Crippen molar-refractivity contribution in [3.05, 3.63) is 0 Å². The molecule has 1 aliphatic heterocycles. The van der Waals surface area contributed by atoms with E-state index in [2.05, 4.69) is 19.2 Å². The fourth-order valence-electron chi connectivity index (χ4n) is 2.79. The van der Waals surface area contributed by atoms with Crippen LogP contribution in [0.2, 0.25) is 0 Å². The van der Waals surface area contributed by atoms with Crippen LogP contribution in [-0.4, -0.2) is 25.8 Å². The van der Waals surface area contributed by atoms with E-state index in [-0.39, 0.29) is 0 Å². The molecule has 1 saturated heterocycles. The second kappa shape index (κ2) is 5.50. The lowest BCUT2D eigenvalue weighted by Crippen LogP contribution is -2.34. The largest absolute Gasteiger partial charge is 0.381 e. The average molecular weight is 225 g/mol. The average Bonchev–Trinajstić information content (AvgIpc) is 3.09. The van der Waals surface area contributed by atoms with E-state index in [1.165, 1.54) is 45.1 Å². The Morgan fingerprint density at radius 3 is 2.56 bits per heavy atom. The minimum absolute atomic E-state index is 0.684. The molecular formula is C14H27NO. The molecule has 0 bridgehead atoms. The van der Waals surface area contributed by atoms with E-state index in [4.69, 9.17) is 4.74 Å². The van der Waals surface area contributed by atoms with Gasteiger partial charge in [-0.3, -0.25) is 0 Å². The molecule has 1 atom stereocenters. The smallest absolute Gasteiger partial charge is 0.0468 e. The molecule has 16 heavy (non-hydrogen) atoms. The van der Waals surface area contributed by atoms with Crippen molar-refractivity contribution in [3.63, 3.8) is 0 Å². The Balaban J connectivity index is 1.62. The van der Waals surface area contributed by atoms with Crippen LogP contribution in [-0.2, 0) is 4.74 Å². The molecule has 2 aliphatic rings. The van der Waals surface area contributed by atoms with Crippen LogP contribution in [0.15, 0.2) is 0 Å². The van der Waals surface area contributed by atoms with E-state index >= 15 is 0 Å². The highest BCUT2D eigenvalue weighted by Gasteiger charge is 2.40. The number of ether oxygens (including phenoxy) is 1. The predicted molar refractivity (Wildman–Crippen MR) is 67.6 cm³/mol. The van der Waals surface area contributed by atoms with Gasteiger partial charge in [0.05, 0.1) is 0 Å². The van der Waals surface area contributed by atoms with Gasteiger partial charge in [0.1, 0.15) is 0 Å². The van der Waals surface area contributed by atoms with Crippen LogP contribution < -0.4 is 5.32 Å². The van der Waals surface area contributed by atoms with Crippen molar-refractivity contribution in [2.75, 3.05) is 19.8 Å². The zero-order valence-corrected chi connectivity index (χ0v) is 10.9. The Labute approximate surface area is 100 Å². The summed E-state index contributed by atoms with van der Waals surface area (Å²) in [7, 11) is 0. The highest BCUT2D eigenvalue weighted by atomic mass is 16.5. The van der Waals surface area contributed by atoms with Crippen molar-refractivity contribution in [1.82, 2.24) is 5.32 Å². The molecule has 2 nitrogen and oxygen atoms in total. The lowest BCUT2D eigenvalue weighted by Gasteiger charge is -2.26. The Bertz CT molecular complexity index is 207.